The Labute approximate surface area is 230 Å². The predicted octanol–water partition coefficient (Wildman–Crippen LogP) is 1.10. The molecule has 0 spiro atoms. The molecule has 1 saturated carbocycles. The fourth-order valence-electron chi connectivity index (χ4n) is 6.62. The number of phenolic OH excluding ortho intramolecular Hbond substituents is 1. The normalized spacial score (nSPS) is 26.0. The van der Waals surface area contributed by atoms with Gasteiger partial charge in [0, 0.05) is 23.6 Å². The number of benzene rings is 2. The van der Waals surface area contributed by atoms with E-state index in [-0.39, 0.29) is 36.3 Å². The maximum Gasteiger partial charge on any atom is 0.255 e. The molecule has 1 fully saturated rings. The number of likely N-dealkylation sites (N-methyl/N-ethyl adjacent to an activating group) is 1. The zero-order valence-electron chi connectivity index (χ0n) is 22.3. The number of carbonyl (C=O) groups excluding carboxylic acids is 3. The quantitative estimate of drug-likeness (QED) is 0.294. The van der Waals surface area contributed by atoms with Crippen molar-refractivity contribution < 1.29 is 39.5 Å². The second-order valence-electron chi connectivity index (χ2n) is 10.7. The number of ether oxygens (including phenoxy) is 1. The van der Waals surface area contributed by atoms with Crippen molar-refractivity contribution in [3.63, 3.8) is 0 Å². The van der Waals surface area contributed by atoms with Crippen LogP contribution in [0, 0.1) is 11.8 Å². The number of fused-ring (bicyclic) bond motifs is 3. The van der Waals surface area contributed by atoms with Crippen LogP contribution < -0.4 is 16.2 Å². The monoisotopic (exact) mass is 549 g/mol. The highest BCUT2D eigenvalue weighted by Crippen LogP contribution is 2.53. The van der Waals surface area contributed by atoms with Crippen LogP contribution in [0.5, 0.6) is 11.5 Å². The fraction of sp³-hybridized carbons (Fsp3) is 0.345. The predicted molar refractivity (Wildman–Crippen MR) is 144 cm³/mol. The van der Waals surface area contributed by atoms with Crippen molar-refractivity contribution in [3.05, 3.63) is 63.9 Å². The topological polar surface area (TPSA) is 197 Å². The molecule has 3 aliphatic carbocycles. The number of amides is 1. The summed E-state index contributed by atoms with van der Waals surface area (Å²) >= 11 is 0. The molecule has 0 radical (unpaired) electrons. The first-order valence-corrected chi connectivity index (χ1v) is 12.7. The molecule has 2 aromatic carbocycles. The molecule has 2 aromatic rings. The lowest BCUT2D eigenvalue weighted by atomic mass is 9.57. The molecule has 8 N–H and O–H groups in total. The number of aliphatic hydroxyl groups excluding tert-OH is 2. The molecular formula is C29H31N3O8. The number of methoxy groups -OCH3 is 1. The van der Waals surface area contributed by atoms with Gasteiger partial charge in [0.25, 0.3) is 5.91 Å². The van der Waals surface area contributed by atoms with E-state index < -0.39 is 58.0 Å². The summed E-state index contributed by atoms with van der Waals surface area (Å²) in [5.41, 5.74) is 10.3. The van der Waals surface area contributed by atoms with E-state index in [1.54, 1.807) is 33.3 Å². The van der Waals surface area contributed by atoms with Crippen LogP contribution in [0.25, 0.3) is 16.9 Å². The molecule has 1 amide bonds. The number of hydrogen-bond acceptors (Lipinski definition) is 10. The third-order valence-electron chi connectivity index (χ3n) is 8.42. The minimum absolute atomic E-state index is 0.0114. The van der Waals surface area contributed by atoms with Gasteiger partial charge in [0.1, 0.15) is 28.6 Å². The number of Topliss-reactive ketones (excluding diaryl/α,β-unsaturated/α-hetero) is 2. The maximum absolute atomic E-state index is 14.0. The number of phenols is 1. The summed E-state index contributed by atoms with van der Waals surface area (Å²) in [5.74, 6) is -6.25. The summed E-state index contributed by atoms with van der Waals surface area (Å²) in [6, 6.07) is 7.40. The zero-order chi connectivity index (χ0) is 29.3. The first-order valence-electron chi connectivity index (χ1n) is 12.7. The van der Waals surface area contributed by atoms with E-state index >= 15 is 0 Å². The second-order valence-corrected chi connectivity index (χ2v) is 10.7. The summed E-state index contributed by atoms with van der Waals surface area (Å²) in [4.78, 5) is 40.8. The molecular weight excluding hydrogens is 518 g/mol. The van der Waals surface area contributed by atoms with Crippen molar-refractivity contribution in [1.82, 2.24) is 4.90 Å². The minimum atomic E-state index is -2.68. The van der Waals surface area contributed by atoms with Gasteiger partial charge in [0.05, 0.1) is 18.7 Å². The number of aromatic hydroxyl groups is 1. The van der Waals surface area contributed by atoms with Gasteiger partial charge in [-0.3, -0.25) is 19.3 Å². The van der Waals surface area contributed by atoms with Crippen LogP contribution in [-0.4, -0.2) is 75.6 Å². The van der Waals surface area contributed by atoms with Crippen molar-refractivity contribution in [3.8, 4) is 22.6 Å². The number of rotatable bonds is 5. The van der Waals surface area contributed by atoms with Gasteiger partial charge >= 0.3 is 0 Å². The summed E-state index contributed by atoms with van der Waals surface area (Å²) in [5, 5.41) is 44.9. The van der Waals surface area contributed by atoms with Gasteiger partial charge in [0.15, 0.2) is 11.4 Å². The largest absolute Gasteiger partial charge is 0.508 e. The summed E-state index contributed by atoms with van der Waals surface area (Å²) in [7, 11) is 4.66. The summed E-state index contributed by atoms with van der Waals surface area (Å²) in [6.07, 6.45) is 0.194. The standard InChI is InChI=1S/C29H31N3O8/c1-32(2)23-17-10-13-9-16-15(12-4-7-19(40-3)14(8-12)11-30)5-6-18(33)21(16)24(34)20(13)26(36)29(17,39)27(37)22(25(23)35)28(31)38/h4-8,13,17,23,33-34,37,39H,9-11,30H2,1-3H3,(H2,31,38)/t13-,17-,23-,29+/m1/s1. The van der Waals surface area contributed by atoms with Crippen LogP contribution in [0.2, 0.25) is 0 Å². The summed E-state index contributed by atoms with van der Waals surface area (Å²) < 4.78 is 5.37. The first-order chi connectivity index (χ1) is 18.9. The van der Waals surface area contributed by atoms with Crippen molar-refractivity contribution in [1.29, 1.82) is 0 Å². The van der Waals surface area contributed by atoms with E-state index in [0.717, 1.165) is 11.1 Å². The van der Waals surface area contributed by atoms with E-state index in [4.69, 9.17) is 16.2 Å². The highest BCUT2D eigenvalue weighted by Gasteiger charge is 2.64. The molecule has 5 rings (SSSR count). The van der Waals surface area contributed by atoms with Crippen molar-refractivity contribution in [2.24, 2.45) is 23.3 Å². The molecule has 11 heteroatoms. The molecule has 0 unspecified atom stereocenters. The first kappa shape index (κ1) is 27.4. The van der Waals surface area contributed by atoms with Gasteiger partial charge in [-0.2, -0.15) is 0 Å². The number of nitrogens with two attached hydrogens (primary N) is 2. The SMILES string of the molecule is COc1ccc(-c2ccc(O)c3c2C[C@@H]2C[C@@H]4[C@@H](N(C)C)C(=O)C(C(N)=O)=C(O)[C@@]4(O)C(=O)C2=C3O)cc1CN. The summed E-state index contributed by atoms with van der Waals surface area (Å²) in [6.45, 7) is 0.217. The number of carbonyl (C=O) groups is 3. The number of nitrogens with zero attached hydrogens (tertiary/aromatic N) is 1. The number of primary amides is 1. The fourth-order valence-corrected chi connectivity index (χ4v) is 6.62. The van der Waals surface area contributed by atoms with Crippen LogP contribution in [0.1, 0.15) is 23.1 Å². The Kier molecular flexibility index (Phi) is 6.48. The van der Waals surface area contributed by atoms with Crippen molar-refractivity contribution in [2.75, 3.05) is 21.2 Å². The van der Waals surface area contributed by atoms with Gasteiger partial charge in [-0.25, -0.2) is 0 Å². The van der Waals surface area contributed by atoms with Crippen LogP contribution in [0.3, 0.4) is 0 Å². The molecule has 210 valence electrons. The average molecular weight is 550 g/mol. The minimum Gasteiger partial charge on any atom is -0.508 e. The van der Waals surface area contributed by atoms with E-state index in [0.29, 0.717) is 16.9 Å². The molecule has 0 heterocycles. The number of aliphatic hydroxyl groups is 3. The highest BCUT2D eigenvalue weighted by atomic mass is 16.5. The Morgan fingerprint density at radius 3 is 2.45 bits per heavy atom. The Morgan fingerprint density at radius 1 is 1.15 bits per heavy atom. The highest BCUT2D eigenvalue weighted by molar-refractivity contribution is 6.24. The molecule has 40 heavy (non-hydrogen) atoms. The van der Waals surface area contributed by atoms with Gasteiger partial charge < -0.3 is 36.6 Å². The Balaban J connectivity index is 1.72. The smallest absolute Gasteiger partial charge is 0.255 e. The van der Waals surface area contributed by atoms with Gasteiger partial charge in [-0.05, 0) is 67.7 Å². The third-order valence-corrected chi connectivity index (χ3v) is 8.42. The van der Waals surface area contributed by atoms with Gasteiger partial charge in [0.2, 0.25) is 5.78 Å². The van der Waals surface area contributed by atoms with Crippen LogP contribution in [-0.2, 0) is 27.3 Å². The lowest BCUT2D eigenvalue weighted by Gasteiger charge is -2.50. The van der Waals surface area contributed by atoms with E-state index in [1.165, 1.54) is 11.0 Å². The van der Waals surface area contributed by atoms with E-state index in [2.05, 4.69) is 0 Å². The molecule has 4 atom stereocenters. The number of hydrogen-bond donors (Lipinski definition) is 6. The molecule has 0 saturated heterocycles. The Morgan fingerprint density at radius 2 is 1.85 bits per heavy atom. The third kappa shape index (κ3) is 3.65. The Bertz CT molecular complexity index is 1540. The van der Waals surface area contributed by atoms with E-state index in [9.17, 15) is 34.8 Å². The average Bonchev–Trinajstić information content (AvgIpc) is 2.90. The lowest BCUT2D eigenvalue weighted by molar-refractivity contribution is -0.153. The van der Waals surface area contributed by atoms with E-state index in [1.807, 2.05) is 12.1 Å². The Hall–Kier alpha value is -4.19. The van der Waals surface area contributed by atoms with Crippen LogP contribution in [0.4, 0.5) is 0 Å². The molecule has 0 aromatic heterocycles. The van der Waals surface area contributed by atoms with Gasteiger partial charge in [-0.1, -0.05) is 12.1 Å². The molecule has 11 nitrogen and oxygen atoms in total. The molecule has 3 aliphatic rings. The second kappa shape index (κ2) is 9.47. The molecule has 0 aliphatic heterocycles. The van der Waals surface area contributed by atoms with Gasteiger partial charge in [-0.15, -0.1) is 0 Å². The zero-order valence-corrected chi connectivity index (χ0v) is 22.3. The lowest BCUT2D eigenvalue weighted by Crippen LogP contribution is -2.65. The maximum atomic E-state index is 14.0. The van der Waals surface area contributed by atoms with Crippen molar-refractivity contribution in [2.45, 2.75) is 31.0 Å². The molecule has 0 bridgehead atoms. The van der Waals surface area contributed by atoms with Crippen LogP contribution >= 0.6 is 0 Å². The van der Waals surface area contributed by atoms with Crippen molar-refractivity contribution >= 4 is 23.2 Å². The number of ketones is 2. The van der Waals surface area contributed by atoms with Crippen LogP contribution in [0.15, 0.2) is 47.2 Å².